The van der Waals surface area contributed by atoms with Gasteiger partial charge in [0.05, 0.1) is 17.8 Å². The van der Waals surface area contributed by atoms with Crippen molar-refractivity contribution in [2.24, 2.45) is 0 Å². The number of nitrogens with zero attached hydrogens (tertiary/aromatic N) is 3. The number of pyridine rings is 1. The summed E-state index contributed by atoms with van der Waals surface area (Å²) in [5.74, 6) is -0.194. The van der Waals surface area contributed by atoms with Gasteiger partial charge in [-0.1, -0.05) is 22.0 Å². The first-order valence-electron chi connectivity index (χ1n) is 12.6. The molecule has 1 saturated heterocycles. The van der Waals surface area contributed by atoms with E-state index >= 15 is 0 Å². The van der Waals surface area contributed by atoms with E-state index in [2.05, 4.69) is 91.3 Å². The minimum atomic E-state index is -0.194. The quantitative estimate of drug-likeness (QED) is 0.241. The highest BCUT2D eigenvalue weighted by Crippen LogP contribution is 2.44. The monoisotopic (exact) mass is 603 g/mol. The highest BCUT2D eigenvalue weighted by Gasteiger charge is 2.42. The van der Waals surface area contributed by atoms with Crippen LogP contribution in [-0.2, 0) is 9.53 Å². The van der Waals surface area contributed by atoms with Gasteiger partial charge in [0.1, 0.15) is 6.61 Å². The summed E-state index contributed by atoms with van der Waals surface area (Å²) in [5, 5.41) is 7.08. The number of hydrogen-bond acceptors (Lipinski definition) is 4. The number of nitrogens with one attached hydrogen (secondary N) is 2. The van der Waals surface area contributed by atoms with Gasteiger partial charge in [0.15, 0.2) is 5.11 Å². The first kappa shape index (κ1) is 27.1. The zero-order valence-electron chi connectivity index (χ0n) is 22.2. The number of carbonyl (C=O) groups excluding carboxylic acids is 1. The van der Waals surface area contributed by atoms with E-state index in [0.717, 1.165) is 49.7 Å². The van der Waals surface area contributed by atoms with Gasteiger partial charge in [0.2, 0.25) is 5.91 Å². The second-order valence-electron chi connectivity index (χ2n) is 9.62. The van der Waals surface area contributed by atoms with Crippen molar-refractivity contribution in [2.45, 2.75) is 32.9 Å². The van der Waals surface area contributed by atoms with Crippen LogP contribution in [0.5, 0.6) is 0 Å². The predicted molar refractivity (Wildman–Crippen MR) is 163 cm³/mol. The van der Waals surface area contributed by atoms with Crippen molar-refractivity contribution in [2.75, 3.05) is 23.9 Å². The molecule has 0 saturated carbocycles. The van der Waals surface area contributed by atoms with Gasteiger partial charge in [0.25, 0.3) is 0 Å². The maximum Gasteiger partial charge on any atom is 0.250 e. The molecule has 9 heteroatoms. The van der Waals surface area contributed by atoms with Gasteiger partial charge in [-0.05, 0) is 105 Å². The maximum absolute atomic E-state index is 12.1. The van der Waals surface area contributed by atoms with Crippen molar-refractivity contribution in [1.29, 1.82) is 0 Å². The molecule has 2 N–H and O–H groups in total. The average Bonchev–Trinajstić information content (AvgIpc) is 3.41. The number of aryl methyl sites for hydroxylation is 2. The largest absolute Gasteiger partial charge is 0.375 e. The predicted octanol–water partition coefficient (Wildman–Crippen LogP) is 6.32. The van der Waals surface area contributed by atoms with Gasteiger partial charge in [-0.3, -0.25) is 9.78 Å². The van der Waals surface area contributed by atoms with Crippen molar-refractivity contribution >= 4 is 50.5 Å². The van der Waals surface area contributed by atoms with E-state index in [1.54, 1.807) is 0 Å². The maximum atomic E-state index is 12.1. The van der Waals surface area contributed by atoms with Crippen molar-refractivity contribution in [3.05, 3.63) is 106 Å². The third-order valence-corrected chi connectivity index (χ3v) is 7.85. The van der Waals surface area contributed by atoms with E-state index in [-0.39, 0.29) is 24.6 Å². The van der Waals surface area contributed by atoms with Crippen molar-refractivity contribution < 1.29 is 9.53 Å². The molecule has 2 atom stereocenters. The topological polar surface area (TPSA) is 71.4 Å². The van der Waals surface area contributed by atoms with Gasteiger partial charge in [0, 0.05) is 46.2 Å². The number of ether oxygens (including phenoxy) is 1. The molecule has 0 bridgehead atoms. The molecule has 0 radical (unpaired) electrons. The molecule has 7 nitrogen and oxygen atoms in total. The summed E-state index contributed by atoms with van der Waals surface area (Å²) in [4.78, 5) is 19.0. The molecule has 2 aromatic heterocycles. The van der Waals surface area contributed by atoms with Crippen LogP contribution in [0.4, 0.5) is 11.4 Å². The Morgan fingerprint density at radius 1 is 1.08 bits per heavy atom. The average molecular weight is 605 g/mol. The zero-order valence-corrected chi connectivity index (χ0v) is 24.6. The summed E-state index contributed by atoms with van der Waals surface area (Å²) in [5.41, 5.74) is 8.06. The van der Waals surface area contributed by atoms with Crippen LogP contribution >= 0.6 is 28.1 Å². The van der Waals surface area contributed by atoms with Crippen LogP contribution in [0.15, 0.2) is 77.4 Å². The Labute approximate surface area is 242 Å². The number of aromatic nitrogens is 2. The van der Waals surface area contributed by atoms with Crippen LogP contribution in [0, 0.1) is 20.8 Å². The number of rotatable bonds is 7. The number of anilines is 2. The fourth-order valence-corrected chi connectivity index (χ4v) is 5.89. The Hall–Kier alpha value is -3.53. The minimum absolute atomic E-state index is 0.00311. The summed E-state index contributed by atoms with van der Waals surface area (Å²) in [6.07, 6.45) is 1.81. The number of hydrogen-bond donors (Lipinski definition) is 2. The fraction of sp³-hybridized carbons (Fsp3) is 0.233. The number of benzene rings is 2. The van der Waals surface area contributed by atoms with Crippen LogP contribution < -0.4 is 15.5 Å². The molecule has 1 aliphatic rings. The first-order chi connectivity index (χ1) is 18.8. The second kappa shape index (κ2) is 11.3. The zero-order chi connectivity index (χ0) is 27.7. The Morgan fingerprint density at radius 2 is 1.82 bits per heavy atom. The molecule has 1 amide bonds. The van der Waals surface area contributed by atoms with E-state index < -0.39 is 0 Å². The SMILES string of the molecule is COCC(=O)Nc1ccc(N2C(=S)N[C@H](c3ccccn3)[C@@H]2c2cc(C)n(-c3ccc(Br)cc3)c2C)cc1C. The molecular formula is C30H30BrN5O2S. The van der Waals surface area contributed by atoms with Crippen LogP contribution in [0.2, 0.25) is 0 Å². The molecule has 0 unspecified atom stereocenters. The third-order valence-electron chi connectivity index (χ3n) is 7.01. The molecule has 4 aromatic rings. The Kier molecular flexibility index (Phi) is 7.83. The summed E-state index contributed by atoms with van der Waals surface area (Å²) >= 11 is 9.48. The number of halogens is 1. The van der Waals surface area contributed by atoms with Crippen molar-refractivity contribution in [3.8, 4) is 5.69 Å². The molecule has 5 rings (SSSR count). The Balaban J connectivity index is 1.60. The number of amides is 1. The Bertz CT molecular complexity index is 1520. The molecule has 39 heavy (non-hydrogen) atoms. The van der Waals surface area contributed by atoms with Gasteiger partial charge >= 0.3 is 0 Å². The van der Waals surface area contributed by atoms with Gasteiger partial charge in [-0.25, -0.2) is 0 Å². The summed E-state index contributed by atoms with van der Waals surface area (Å²) in [6, 6.07) is 22.2. The molecular weight excluding hydrogens is 574 g/mol. The molecule has 0 aliphatic carbocycles. The van der Waals surface area contributed by atoms with Crippen molar-refractivity contribution in [3.63, 3.8) is 0 Å². The molecule has 200 valence electrons. The third kappa shape index (κ3) is 5.34. The highest BCUT2D eigenvalue weighted by atomic mass is 79.9. The van der Waals surface area contributed by atoms with E-state index in [0.29, 0.717) is 5.11 Å². The lowest BCUT2D eigenvalue weighted by Crippen LogP contribution is -2.29. The van der Waals surface area contributed by atoms with Gasteiger partial charge in [-0.2, -0.15) is 0 Å². The summed E-state index contributed by atoms with van der Waals surface area (Å²) in [7, 11) is 1.50. The number of methoxy groups -OCH3 is 1. The van der Waals surface area contributed by atoms with E-state index in [4.69, 9.17) is 17.0 Å². The second-order valence-corrected chi connectivity index (χ2v) is 10.9. The normalized spacial score (nSPS) is 16.8. The van der Waals surface area contributed by atoms with Crippen LogP contribution in [0.1, 0.15) is 40.3 Å². The summed E-state index contributed by atoms with van der Waals surface area (Å²) in [6.45, 7) is 6.26. The fourth-order valence-electron chi connectivity index (χ4n) is 5.28. The lowest BCUT2D eigenvalue weighted by atomic mass is 9.96. The Morgan fingerprint density at radius 3 is 2.49 bits per heavy atom. The molecule has 1 aliphatic heterocycles. The molecule has 1 fully saturated rings. The molecule has 3 heterocycles. The van der Waals surface area contributed by atoms with Crippen LogP contribution in [0.3, 0.4) is 0 Å². The van der Waals surface area contributed by atoms with E-state index in [9.17, 15) is 4.79 Å². The van der Waals surface area contributed by atoms with Crippen molar-refractivity contribution in [1.82, 2.24) is 14.9 Å². The van der Waals surface area contributed by atoms with E-state index in [1.165, 1.54) is 7.11 Å². The summed E-state index contributed by atoms with van der Waals surface area (Å²) < 4.78 is 8.27. The lowest BCUT2D eigenvalue weighted by molar-refractivity contribution is -0.119. The standard InChI is InChI=1S/C30H30BrN5O2S/c1-18-15-23(12-13-25(18)33-27(37)17-38-4)36-29(28(34-30(36)39)26-7-5-6-14-32-26)24-16-19(2)35(20(24)3)22-10-8-21(31)9-11-22/h5-16,28-29H,17H2,1-4H3,(H,33,37)(H,34,39)/t28-,29+/m1/s1. The van der Waals surface area contributed by atoms with Crippen LogP contribution in [0.25, 0.3) is 5.69 Å². The lowest BCUT2D eigenvalue weighted by Gasteiger charge is -2.29. The number of carbonyl (C=O) groups is 1. The van der Waals surface area contributed by atoms with E-state index in [1.807, 2.05) is 43.5 Å². The smallest absolute Gasteiger partial charge is 0.250 e. The molecule has 0 spiro atoms. The van der Waals surface area contributed by atoms with Crippen LogP contribution in [-0.4, -0.2) is 34.3 Å². The first-order valence-corrected chi connectivity index (χ1v) is 13.8. The minimum Gasteiger partial charge on any atom is -0.375 e. The van der Waals surface area contributed by atoms with Gasteiger partial charge in [-0.15, -0.1) is 0 Å². The number of thiocarbonyl (C=S) groups is 1. The van der Waals surface area contributed by atoms with Gasteiger partial charge < -0.3 is 24.8 Å². The molecule has 2 aromatic carbocycles. The highest BCUT2D eigenvalue weighted by molar-refractivity contribution is 9.10.